The third-order valence-corrected chi connectivity index (χ3v) is 4.94. The third kappa shape index (κ3) is 5.82. The van der Waals surface area contributed by atoms with Gasteiger partial charge in [0.1, 0.15) is 0 Å². The van der Waals surface area contributed by atoms with Crippen LogP contribution >= 0.6 is 0 Å². The average Bonchev–Trinajstić information content (AvgIpc) is 1.99. The lowest BCUT2D eigenvalue weighted by molar-refractivity contribution is 0.163. The predicted molar refractivity (Wildman–Crippen MR) is 67.3 cm³/mol. The minimum Gasteiger partial charge on any atom is -0.393 e. The second-order valence-electron chi connectivity index (χ2n) is 5.35. The molecule has 16 heavy (non-hydrogen) atoms. The van der Waals surface area contributed by atoms with Crippen LogP contribution < -0.4 is 5.32 Å². The lowest BCUT2D eigenvalue weighted by Crippen LogP contribution is -2.43. The summed E-state index contributed by atoms with van der Waals surface area (Å²) in [4.78, 5) is 0. The largest absolute Gasteiger partial charge is 0.393 e. The fraction of sp³-hybridized carbons (Fsp3) is 1.00. The van der Waals surface area contributed by atoms with Crippen molar-refractivity contribution in [2.45, 2.75) is 45.0 Å². The van der Waals surface area contributed by atoms with Gasteiger partial charge in [0.05, 0.1) is 10.9 Å². The van der Waals surface area contributed by atoms with Gasteiger partial charge in [0, 0.05) is 12.8 Å². The Bertz CT molecular complexity index is 296. The standard InChI is InChI=1S/C11H25NO3S/c1-9(6-10(2)13)7-12-8-11(3,4)16(5,14)15/h9-10,12-13H,6-8H2,1-5H3. The van der Waals surface area contributed by atoms with Crippen molar-refractivity contribution in [3.8, 4) is 0 Å². The molecule has 2 unspecified atom stereocenters. The number of aliphatic hydroxyl groups is 1. The minimum atomic E-state index is -3.04. The molecule has 0 heterocycles. The molecule has 0 aliphatic rings. The lowest BCUT2D eigenvalue weighted by Gasteiger charge is -2.24. The zero-order valence-electron chi connectivity index (χ0n) is 10.9. The van der Waals surface area contributed by atoms with Crippen LogP contribution in [0, 0.1) is 5.92 Å². The van der Waals surface area contributed by atoms with Crippen molar-refractivity contribution in [3.63, 3.8) is 0 Å². The molecule has 0 aliphatic heterocycles. The van der Waals surface area contributed by atoms with Crippen LogP contribution in [0.1, 0.15) is 34.1 Å². The van der Waals surface area contributed by atoms with E-state index in [1.807, 2.05) is 6.92 Å². The molecule has 0 fully saturated rings. The molecule has 2 atom stereocenters. The fourth-order valence-electron chi connectivity index (χ4n) is 1.42. The van der Waals surface area contributed by atoms with Gasteiger partial charge in [-0.25, -0.2) is 8.42 Å². The number of nitrogens with one attached hydrogen (secondary N) is 1. The van der Waals surface area contributed by atoms with E-state index in [0.717, 1.165) is 13.0 Å². The van der Waals surface area contributed by atoms with Gasteiger partial charge in [0.15, 0.2) is 9.84 Å². The number of sulfone groups is 1. The second-order valence-corrected chi connectivity index (χ2v) is 8.00. The number of rotatable bonds is 7. The third-order valence-electron chi connectivity index (χ3n) is 2.79. The minimum absolute atomic E-state index is 0.306. The summed E-state index contributed by atoms with van der Waals surface area (Å²) in [6, 6.07) is 0. The molecule has 5 heteroatoms. The van der Waals surface area contributed by atoms with E-state index >= 15 is 0 Å². The van der Waals surface area contributed by atoms with E-state index in [-0.39, 0.29) is 6.10 Å². The van der Waals surface area contributed by atoms with Crippen molar-refractivity contribution < 1.29 is 13.5 Å². The van der Waals surface area contributed by atoms with Crippen LogP contribution in [0.15, 0.2) is 0 Å². The molecule has 0 bridgehead atoms. The van der Waals surface area contributed by atoms with Gasteiger partial charge in [-0.15, -0.1) is 0 Å². The molecule has 4 nitrogen and oxygen atoms in total. The van der Waals surface area contributed by atoms with Crippen LogP contribution in [-0.2, 0) is 9.84 Å². The highest BCUT2D eigenvalue weighted by atomic mass is 32.2. The first-order valence-corrected chi connectivity index (χ1v) is 7.54. The Morgan fingerprint density at radius 1 is 1.31 bits per heavy atom. The zero-order chi connectivity index (χ0) is 13.0. The molecule has 0 aromatic rings. The van der Waals surface area contributed by atoms with Crippen LogP contribution in [0.3, 0.4) is 0 Å². The molecule has 0 aliphatic carbocycles. The highest BCUT2D eigenvalue weighted by Gasteiger charge is 2.29. The van der Waals surface area contributed by atoms with Crippen LogP contribution in [0.25, 0.3) is 0 Å². The van der Waals surface area contributed by atoms with Crippen molar-refractivity contribution in [1.82, 2.24) is 5.32 Å². The van der Waals surface area contributed by atoms with E-state index in [4.69, 9.17) is 0 Å². The molecule has 2 N–H and O–H groups in total. The molecule has 0 amide bonds. The first-order chi connectivity index (χ1) is 7.06. The molecule has 0 saturated carbocycles. The van der Waals surface area contributed by atoms with E-state index in [0.29, 0.717) is 12.5 Å². The molecule has 98 valence electrons. The fourth-order valence-corrected chi connectivity index (χ4v) is 1.78. The summed E-state index contributed by atoms with van der Waals surface area (Å²) in [5, 5.41) is 12.3. The number of hydrogen-bond acceptors (Lipinski definition) is 4. The maximum Gasteiger partial charge on any atom is 0.153 e. The molecule has 0 rings (SSSR count). The Labute approximate surface area is 99.4 Å². The summed E-state index contributed by atoms with van der Waals surface area (Å²) in [5.74, 6) is 0.343. The van der Waals surface area contributed by atoms with E-state index in [1.54, 1.807) is 20.8 Å². The van der Waals surface area contributed by atoms with Gasteiger partial charge in [-0.3, -0.25) is 0 Å². The summed E-state index contributed by atoms with van der Waals surface area (Å²) < 4.78 is 22.1. The van der Waals surface area contributed by atoms with Gasteiger partial charge >= 0.3 is 0 Å². The van der Waals surface area contributed by atoms with Crippen molar-refractivity contribution in [1.29, 1.82) is 0 Å². The SMILES string of the molecule is CC(O)CC(C)CNCC(C)(C)S(C)(=O)=O. The van der Waals surface area contributed by atoms with E-state index in [1.165, 1.54) is 6.26 Å². The molecular formula is C11H25NO3S. The molecule has 0 saturated heterocycles. The summed E-state index contributed by atoms with van der Waals surface area (Å²) in [6.45, 7) is 8.40. The molecular weight excluding hydrogens is 226 g/mol. The normalized spacial score (nSPS) is 17.1. The number of hydrogen-bond donors (Lipinski definition) is 2. The maximum absolute atomic E-state index is 11.4. The van der Waals surface area contributed by atoms with Gasteiger partial charge in [0.25, 0.3) is 0 Å². The van der Waals surface area contributed by atoms with Gasteiger partial charge in [-0.2, -0.15) is 0 Å². The topological polar surface area (TPSA) is 66.4 Å². The van der Waals surface area contributed by atoms with Crippen molar-refractivity contribution in [3.05, 3.63) is 0 Å². The van der Waals surface area contributed by atoms with Gasteiger partial charge in [0.2, 0.25) is 0 Å². The van der Waals surface area contributed by atoms with Crippen LogP contribution in [0.4, 0.5) is 0 Å². The Hall–Kier alpha value is -0.130. The second kappa shape index (κ2) is 5.98. The van der Waals surface area contributed by atoms with Gasteiger partial charge < -0.3 is 10.4 Å². The Morgan fingerprint density at radius 2 is 1.81 bits per heavy atom. The molecule has 0 radical (unpaired) electrons. The van der Waals surface area contributed by atoms with Crippen molar-refractivity contribution >= 4 is 9.84 Å². The Kier molecular flexibility index (Phi) is 5.93. The van der Waals surface area contributed by atoms with Crippen molar-refractivity contribution in [2.24, 2.45) is 5.92 Å². The summed E-state index contributed by atoms with van der Waals surface area (Å²) >= 11 is 0. The molecule has 0 spiro atoms. The highest BCUT2D eigenvalue weighted by molar-refractivity contribution is 7.92. The summed E-state index contributed by atoms with van der Waals surface area (Å²) in [6.07, 6.45) is 1.68. The Morgan fingerprint density at radius 3 is 2.19 bits per heavy atom. The van der Waals surface area contributed by atoms with Crippen LogP contribution in [0.5, 0.6) is 0 Å². The summed E-state index contributed by atoms with van der Waals surface area (Å²) in [7, 11) is -3.04. The zero-order valence-corrected chi connectivity index (χ0v) is 11.8. The lowest BCUT2D eigenvalue weighted by atomic mass is 10.0. The van der Waals surface area contributed by atoms with E-state index < -0.39 is 14.6 Å². The maximum atomic E-state index is 11.4. The molecule has 0 aromatic carbocycles. The Balaban J connectivity index is 4.00. The quantitative estimate of drug-likeness (QED) is 0.702. The van der Waals surface area contributed by atoms with Gasteiger partial charge in [-0.1, -0.05) is 6.92 Å². The predicted octanol–water partition coefficient (Wildman–Crippen LogP) is 0.806. The average molecular weight is 251 g/mol. The molecule has 0 aromatic heterocycles. The number of aliphatic hydroxyl groups excluding tert-OH is 1. The van der Waals surface area contributed by atoms with E-state index in [2.05, 4.69) is 5.32 Å². The van der Waals surface area contributed by atoms with Crippen LogP contribution in [-0.4, -0.2) is 43.7 Å². The highest BCUT2D eigenvalue weighted by Crippen LogP contribution is 2.13. The van der Waals surface area contributed by atoms with E-state index in [9.17, 15) is 13.5 Å². The van der Waals surface area contributed by atoms with Gasteiger partial charge in [-0.05, 0) is 39.7 Å². The van der Waals surface area contributed by atoms with Crippen molar-refractivity contribution in [2.75, 3.05) is 19.3 Å². The summed E-state index contributed by atoms with van der Waals surface area (Å²) in [5.41, 5.74) is 0. The smallest absolute Gasteiger partial charge is 0.153 e. The van der Waals surface area contributed by atoms with Crippen LogP contribution in [0.2, 0.25) is 0 Å². The first kappa shape index (κ1) is 15.9. The first-order valence-electron chi connectivity index (χ1n) is 5.64. The monoisotopic (exact) mass is 251 g/mol.